The van der Waals surface area contributed by atoms with E-state index in [-0.39, 0.29) is 5.48 Å². The molecule has 0 spiro atoms. The van der Waals surface area contributed by atoms with Crippen molar-refractivity contribution in [2.75, 3.05) is 11.6 Å². The van der Waals surface area contributed by atoms with Crippen LogP contribution in [0.15, 0.2) is 4.99 Å². The number of thioether (sulfide) groups is 1. The molecule has 0 radical (unpaired) electrons. The molecule has 0 unspecified atom stereocenters. The van der Waals surface area contributed by atoms with Gasteiger partial charge in [-0.15, -0.1) is 11.8 Å². The molecule has 0 saturated heterocycles. The number of aliphatic imine (C=N–C) groups is 1. The summed E-state index contributed by atoms with van der Waals surface area (Å²) in [5, 5.41) is 0. The van der Waals surface area contributed by atoms with E-state index in [0.29, 0.717) is 0 Å². The van der Waals surface area contributed by atoms with Gasteiger partial charge in [-0.2, -0.15) is 0 Å². The Hall–Kier alpha value is -0.0200. The SMILES string of the molecule is C1=NCSC1.O. The zero-order valence-corrected chi connectivity index (χ0v) is 4.16. The Balaban J connectivity index is 0.000000250. The molecule has 0 saturated carbocycles. The van der Waals surface area contributed by atoms with Crippen LogP contribution in [-0.2, 0) is 0 Å². The first-order valence-electron chi connectivity index (χ1n) is 1.56. The third-order valence-electron chi connectivity index (χ3n) is 0.487. The summed E-state index contributed by atoms with van der Waals surface area (Å²) in [5.41, 5.74) is 0. The highest BCUT2D eigenvalue weighted by molar-refractivity contribution is 8.00. The van der Waals surface area contributed by atoms with E-state index in [1.807, 2.05) is 18.0 Å². The minimum atomic E-state index is 0. The summed E-state index contributed by atoms with van der Waals surface area (Å²) in [7, 11) is 0. The molecular formula is C3H7NOS. The van der Waals surface area contributed by atoms with Crippen LogP contribution < -0.4 is 0 Å². The van der Waals surface area contributed by atoms with E-state index in [4.69, 9.17) is 0 Å². The standard InChI is InChI=1S/C3H5NS.H2O/c1-2-5-3-4-1;/h1H,2-3H2;1H2. The van der Waals surface area contributed by atoms with Gasteiger partial charge in [0.05, 0.1) is 5.88 Å². The van der Waals surface area contributed by atoms with E-state index in [2.05, 4.69) is 4.99 Å². The third kappa shape index (κ3) is 1.43. The quantitative estimate of drug-likeness (QED) is 0.425. The first-order valence-corrected chi connectivity index (χ1v) is 2.71. The molecular weight excluding hydrogens is 98.1 g/mol. The largest absolute Gasteiger partial charge is 0.412 e. The minimum Gasteiger partial charge on any atom is -0.412 e. The normalized spacial score (nSPS) is 17.3. The lowest BCUT2D eigenvalue weighted by Gasteiger charge is -1.68. The highest BCUT2D eigenvalue weighted by Crippen LogP contribution is 2.02. The fourth-order valence-corrected chi connectivity index (χ4v) is 0.791. The van der Waals surface area contributed by atoms with Crippen molar-refractivity contribution in [1.82, 2.24) is 0 Å². The molecule has 0 aromatic heterocycles. The smallest absolute Gasteiger partial charge is 0.0844 e. The van der Waals surface area contributed by atoms with Crippen molar-refractivity contribution in [3.05, 3.63) is 0 Å². The molecule has 1 rings (SSSR count). The minimum absolute atomic E-state index is 0. The van der Waals surface area contributed by atoms with E-state index < -0.39 is 0 Å². The van der Waals surface area contributed by atoms with Crippen LogP contribution in [0.5, 0.6) is 0 Å². The van der Waals surface area contributed by atoms with Crippen molar-refractivity contribution in [2.24, 2.45) is 4.99 Å². The monoisotopic (exact) mass is 105 g/mol. The molecule has 0 aliphatic carbocycles. The van der Waals surface area contributed by atoms with Crippen LogP contribution >= 0.6 is 11.8 Å². The highest BCUT2D eigenvalue weighted by atomic mass is 32.2. The van der Waals surface area contributed by atoms with Gasteiger partial charge in [0.15, 0.2) is 0 Å². The van der Waals surface area contributed by atoms with Crippen molar-refractivity contribution in [1.29, 1.82) is 0 Å². The summed E-state index contributed by atoms with van der Waals surface area (Å²) in [5.74, 6) is 2.11. The summed E-state index contributed by atoms with van der Waals surface area (Å²) in [6.45, 7) is 0. The van der Waals surface area contributed by atoms with Crippen molar-refractivity contribution in [2.45, 2.75) is 0 Å². The molecule has 2 N–H and O–H groups in total. The van der Waals surface area contributed by atoms with Gasteiger partial charge in [0.25, 0.3) is 0 Å². The Labute approximate surface area is 41.0 Å². The van der Waals surface area contributed by atoms with Crippen LogP contribution in [0.25, 0.3) is 0 Å². The molecule has 0 atom stereocenters. The molecule has 6 heavy (non-hydrogen) atoms. The first-order chi connectivity index (χ1) is 2.50. The van der Waals surface area contributed by atoms with Gasteiger partial charge in [0, 0.05) is 12.0 Å². The fraction of sp³-hybridized carbons (Fsp3) is 0.667. The molecule has 0 bridgehead atoms. The van der Waals surface area contributed by atoms with Crippen LogP contribution in [0.1, 0.15) is 0 Å². The Morgan fingerprint density at radius 1 is 1.67 bits per heavy atom. The van der Waals surface area contributed by atoms with E-state index in [0.717, 1.165) is 11.6 Å². The number of hydrogen-bond acceptors (Lipinski definition) is 2. The van der Waals surface area contributed by atoms with Gasteiger partial charge >= 0.3 is 0 Å². The predicted molar refractivity (Wildman–Crippen MR) is 29.4 cm³/mol. The lowest BCUT2D eigenvalue weighted by atomic mass is 10.9. The molecule has 1 aliphatic rings. The van der Waals surface area contributed by atoms with Crippen LogP contribution in [-0.4, -0.2) is 23.3 Å². The Morgan fingerprint density at radius 2 is 2.50 bits per heavy atom. The van der Waals surface area contributed by atoms with Crippen molar-refractivity contribution < 1.29 is 5.48 Å². The van der Waals surface area contributed by atoms with Crippen LogP contribution in [0.2, 0.25) is 0 Å². The van der Waals surface area contributed by atoms with Gasteiger partial charge in [-0.1, -0.05) is 0 Å². The van der Waals surface area contributed by atoms with Gasteiger partial charge < -0.3 is 5.48 Å². The molecule has 1 aliphatic heterocycles. The molecule has 0 aromatic rings. The van der Waals surface area contributed by atoms with E-state index >= 15 is 0 Å². The number of nitrogens with zero attached hydrogens (tertiary/aromatic N) is 1. The lowest BCUT2D eigenvalue weighted by molar-refractivity contribution is 0.824. The summed E-state index contributed by atoms with van der Waals surface area (Å²) in [6.07, 6.45) is 1.95. The van der Waals surface area contributed by atoms with E-state index in [1.165, 1.54) is 0 Å². The van der Waals surface area contributed by atoms with Crippen molar-refractivity contribution in [3.8, 4) is 0 Å². The predicted octanol–water partition coefficient (Wildman–Crippen LogP) is -0.0632. The number of hydrogen-bond donors (Lipinski definition) is 0. The summed E-state index contributed by atoms with van der Waals surface area (Å²) < 4.78 is 0. The third-order valence-corrected chi connectivity index (χ3v) is 1.20. The van der Waals surface area contributed by atoms with Crippen molar-refractivity contribution in [3.63, 3.8) is 0 Å². The van der Waals surface area contributed by atoms with Gasteiger partial charge in [-0.05, 0) is 0 Å². The maximum atomic E-state index is 3.92. The lowest BCUT2D eigenvalue weighted by Crippen LogP contribution is -1.61. The second-order valence-electron chi connectivity index (χ2n) is 0.865. The first kappa shape index (κ1) is 5.98. The molecule has 2 nitrogen and oxygen atoms in total. The average Bonchev–Trinajstić information content (AvgIpc) is 1.76. The van der Waals surface area contributed by atoms with Crippen molar-refractivity contribution >= 4 is 18.0 Å². The maximum absolute atomic E-state index is 3.92. The Bertz CT molecular complexity index is 48.8. The Morgan fingerprint density at radius 3 is 2.67 bits per heavy atom. The molecule has 0 amide bonds. The van der Waals surface area contributed by atoms with Crippen LogP contribution in [0.3, 0.4) is 0 Å². The second kappa shape index (κ2) is 3.18. The summed E-state index contributed by atoms with van der Waals surface area (Å²) in [6, 6.07) is 0. The van der Waals surface area contributed by atoms with Gasteiger partial charge in [0.2, 0.25) is 0 Å². The fourth-order valence-electron chi connectivity index (χ4n) is 0.264. The molecule has 1 heterocycles. The summed E-state index contributed by atoms with van der Waals surface area (Å²) >= 11 is 1.85. The van der Waals surface area contributed by atoms with Gasteiger partial charge in [-0.3, -0.25) is 4.99 Å². The molecule has 3 heteroatoms. The zero-order chi connectivity index (χ0) is 3.54. The highest BCUT2D eigenvalue weighted by Gasteiger charge is 1.85. The van der Waals surface area contributed by atoms with Crippen LogP contribution in [0, 0.1) is 0 Å². The topological polar surface area (TPSA) is 43.9 Å². The van der Waals surface area contributed by atoms with Gasteiger partial charge in [0.1, 0.15) is 0 Å². The average molecular weight is 105 g/mol. The molecule has 0 fully saturated rings. The number of rotatable bonds is 0. The zero-order valence-electron chi connectivity index (χ0n) is 3.35. The Kier molecular flexibility index (Phi) is 3.17. The summed E-state index contributed by atoms with van der Waals surface area (Å²) in [4.78, 5) is 3.92. The van der Waals surface area contributed by atoms with Crippen LogP contribution in [0.4, 0.5) is 0 Å². The second-order valence-corrected chi connectivity index (χ2v) is 1.86. The van der Waals surface area contributed by atoms with Gasteiger partial charge in [-0.25, -0.2) is 0 Å². The van der Waals surface area contributed by atoms with E-state index in [1.54, 1.807) is 0 Å². The van der Waals surface area contributed by atoms with E-state index in [9.17, 15) is 0 Å². The molecule has 36 valence electrons. The molecule has 0 aromatic carbocycles. The maximum Gasteiger partial charge on any atom is 0.0844 e.